The van der Waals surface area contributed by atoms with Crippen LogP contribution in [0, 0.1) is 0 Å². The number of carbonyl (C=O) groups is 2. The monoisotopic (exact) mass is 460 g/mol. The van der Waals surface area contributed by atoms with Gasteiger partial charge >= 0.3 is 0 Å². The van der Waals surface area contributed by atoms with Gasteiger partial charge in [0, 0.05) is 55.0 Å². The van der Waals surface area contributed by atoms with E-state index in [4.69, 9.17) is 9.47 Å². The number of rotatable bonds is 8. The zero-order valence-corrected chi connectivity index (χ0v) is 19.1. The molecule has 1 aliphatic heterocycles. The summed E-state index contributed by atoms with van der Waals surface area (Å²) in [6.45, 7) is 3.44. The van der Waals surface area contributed by atoms with E-state index >= 15 is 0 Å². The molecule has 0 atom stereocenters. The van der Waals surface area contributed by atoms with Gasteiger partial charge in [-0.25, -0.2) is 0 Å². The lowest BCUT2D eigenvalue weighted by molar-refractivity contribution is -0.116. The third-order valence-corrected chi connectivity index (χ3v) is 5.46. The molecular formula is C26H28N4O4. The van der Waals surface area contributed by atoms with Crippen LogP contribution in [0.4, 0.5) is 11.4 Å². The molecular weight excluding hydrogens is 432 g/mol. The number of amides is 2. The lowest BCUT2D eigenvalue weighted by atomic mass is 10.2. The van der Waals surface area contributed by atoms with Crippen LogP contribution in [-0.2, 0) is 16.1 Å². The maximum Gasteiger partial charge on any atom is 0.254 e. The highest BCUT2D eigenvalue weighted by Crippen LogP contribution is 2.19. The Morgan fingerprint density at radius 3 is 2.62 bits per heavy atom. The maximum atomic E-state index is 12.8. The fraction of sp³-hybridized carbons (Fsp3) is 0.269. The maximum absolute atomic E-state index is 12.8. The summed E-state index contributed by atoms with van der Waals surface area (Å²) in [6.07, 6.45) is 3.44. The molecule has 1 aromatic heterocycles. The largest absolute Gasteiger partial charge is 0.489 e. The third kappa shape index (κ3) is 6.32. The summed E-state index contributed by atoms with van der Waals surface area (Å²) in [5, 5.41) is 2.85. The molecule has 0 spiro atoms. The molecule has 1 aliphatic rings. The van der Waals surface area contributed by atoms with Crippen molar-refractivity contribution in [3.63, 3.8) is 0 Å². The first-order valence-electron chi connectivity index (χ1n) is 11.2. The molecule has 1 fully saturated rings. The van der Waals surface area contributed by atoms with Gasteiger partial charge in [-0.2, -0.15) is 0 Å². The van der Waals surface area contributed by atoms with Crippen molar-refractivity contribution in [1.29, 1.82) is 0 Å². The summed E-state index contributed by atoms with van der Waals surface area (Å²) in [4.78, 5) is 33.0. The molecule has 8 nitrogen and oxygen atoms in total. The molecule has 0 saturated carbocycles. The summed E-state index contributed by atoms with van der Waals surface area (Å²) in [5.41, 5.74) is 3.17. The van der Waals surface area contributed by atoms with E-state index in [9.17, 15) is 9.59 Å². The van der Waals surface area contributed by atoms with Crippen LogP contribution in [0.25, 0.3) is 0 Å². The van der Waals surface area contributed by atoms with Gasteiger partial charge < -0.3 is 24.6 Å². The lowest BCUT2D eigenvalue weighted by Gasteiger charge is -2.28. The first kappa shape index (κ1) is 23.3. The number of benzene rings is 2. The molecule has 0 aliphatic carbocycles. The van der Waals surface area contributed by atoms with E-state index in [1.165, 1.54) is 4.90 Å². The number of ether oxygens (including phenoxy) is 2. The van der Waals surface area contributed by atoms with Crippen LogP contribution < -0.4 is 15.0 Å². The molecule has 4 rings (SSSR count). The van der Waals surface area contributed by atoms with Crippen LogP contribution in [0.1, 0.15) is 15.9 Å². The van der Waals surface area contributed by atoms with Gasteiger partial charge in [0.15, 0.2) is 0 Å². The smallest absolute Gasteiger partial charge is 0.254 e. The van der Waals surface area contributed by atoms with E-state index in [0.29, 0.717) is 23.6 Å². The minimum absolute atomic E-state index is 0.0647. The predicted octanol–water partition coefficient (Wildman–Crippen LogP) is 3.21. The summed E-state index contributed by atoms with van der Waals surface area (Å²) >= 11 is 0. The molecule has 1 saturated heterocycles. The molecule has 0 unspecified atom stereocenters. The normalized spacial score (nSPS) is 13.3. The van der Waals surface area contributed by atoms with Crippen LogP contribution in [0.15, 0.2) is 73.1 Å². The third-order valence-electron chi connectivity index (χ3n) is 5.46. The summed E-state index contributed by atoms with van der Waals surface area (Å²) in [7, 11) is 1.60. The second kappa shape index (κ2) is 11.3. The van der Waals surface area contributed by atoms with Gasteiger partial charge in [0.1, 0.15) is 12.4 Å². The van der Waals surface area contributed by atoms with Gasteiger partial charge in [-0.3, -0.25) is 14.6 Å². The molecule has 34 heavy (non-hydrogen) atoms. The van der Waals surface area contributed by atoms with Crippen LogP contribution in [0.5, 0.6) is 5.75 Å². The molecule has 8 heteroatoms. The molecule has 2 amide bonds. The number of likely N-dealkylation sites (N-methyl/N-ethyl adjacent to an activating group) is 1. The Morgan fingerprint density at radius 2 is 1.88 bits per heavy atom. The number of anilines is 2. The Balaban J connectivity index is 1.29. The highest BCUT2D eigenvalue weighted by atomic mass is 16.5. The van der Waals surface area contributed by atoms with Crippen molar-refractivity contribution >= 4 is 23.2 Å². The van der Waals surface area contributed by atoms with Crippen molar-refractivity contribution in [2.45, 2.75) is 6.61 Å². The fourth-order valence-corrected chi connectivity index (χ4v) is 3.65. The van der Waals surface area contributed by atoms with Crippen LogP contribution >= 0.6 is 0 Å². The number of pyridine rings is 1. The van der Waals surface area contributed by atoms with E-state index in [0.717, 1.165) is 37.6 Å². The molecule has 176 valence electrons. The molecule has 2 heterocycles. The lowest BCUT2D eigenvalue weighted by Crippen LogP contribution is -2.36. The first-order chi connectivity index (χ1) is 16.6. The minimum Gasteiger partial charge on any atom is -0.489 e. The number of morpholine rings is 1. The quantitative estimate of drug-likeness (QED) is 0.556. The Morgan fingerprint density at radius 1 is 1.09 bits per heavy atom. The summed E-state index contributed by atoms with van der Waals surface area (Å²) in [6, 6.07) is 18.4. The van der Waals surface area contributed by atoms with Crippen molar-refractivity contribution in [1.82, 2.24) is 9.88 Å². The molecule has 0 radical (unpaired) electrons. The van der Waals surface area contributed by atoms with Gasteiger partial charge in [-0.15, -0.1) is 0 Å². The van der Waals surface area contributed by atoms with Gasteiger partial charge in [-0.05, 0) is 48.5 Å². The van der Waals surface area contributed by atoms with Gasteiger partial charge in [0.25, 0.3) is 5.91 Å². The van der Waals surface area contributed by atoms with E-state index in [-0.39, 0.29) is 18.4 Å². The molecule has 3 aromatic rings. The second-order valence-corrected chi connectivity index (χ2v) is 8.03. The Kier molecular flexibility index (Phi) is 7.72. The zero-order valence-electron chi connectivity index (χ0n) is 19.1. The number of hydrogen-bond donors (Lipinski definition) is 1. The van der Waals surface area contributed by atoms with Crippen molar-refractivity contribution in [3.05, 3.63) is 84.2 Å². The van der Waals surface area contributed by atoms with Crippen LogP contribution in [0.3, 0.4) is 0 Å². The van der Waals surface area contributed by atoms with Crippen molar-refractivity contribution in [3.8, 4) is 5.75 Å². The number of hydrogen-bond acceptors (Lipinski definition) is 6. The molecule has 2 aromatic carbocycles. The summed E-state index contributed by atoms with van der Waals surface area (Å²) < 4.78 is 11.2. The number of carbonyl (C=O) groups excluding carboxylic acids is 2. The number of aromatic nitrogens is 1. The summed E-state index contributed by atoms with van der Waals surface area (Å²) in [5.74, 6) is 0.0523. The molecule has 0 bridgehead atoms. The fourth-order valence-electron chi connectivity index (χ4n) is 3.65. The van der Waals surface area contributed by atoms with E-state index in [1.807, 2.05) is 36.4 Å². The van der Waals surface area contributed by atoms with Gasteiger partial charge in [0.2, 0.25) is 5.91 Å². The van der Waals surface area contributed by atoms with E-state index in [2.05, 4.69) is 15.2 Å². The van der Waals surface area contributed by atoms with Crippen molar-refractivity contribution < 1.29 is 19.1 Å². The van der Waals surface area contributed by atoms with Gasteiger partial charge in [0.05, 0.1) is 19.8 Å². The standard InChI is InChI=1S/C26H28N4O4/c1-29(18-25(31)28-22-7-9-23(10-8-22)30-12-14-33-15-13-30)26(32)21-5-2-6-24(16-21)34-19-20-4-3-11-27-17-20/h2-11,16-17H,12-15,18-19H2,1H3,(H,28,31). The Bertz CT molecular complexity index is 1100. The number of nitrogens with zero attached hydrogens (tertiary/aromatic N) is 3. The predicted molar refractivity (Wildman–Crippen MR) is 130 cm³/mol. The topological polar surface area (TPSA) is 84.0 Å². The van der Waals surface area contributed by atoms with Crippen LogP contribution in [0.2, 0.25) is 0 Å². The number of nitrogens with one attached hydrogen (secondary N) is 1. The highest BCUT2D eigenvalue weighted by Gasteiger charge is 2.16. The average molecular weight is 461 g/mol. The Hall–Kier alpha value is -3.91. The second-order valence-electron chi connectivity index (χ2n) is 8.03. The Labute approximate surface area is 199 Å². The van der Waals surface area contributed by atoms with Crippen molar-refractivity contribution in [2.24, 2.45) is 0 Å². The van der Waals surface area contributed by atoms with Gasteiger partial charge in [-0.1, -0.05) is 12.1 Å². The van der Waals surface area contributed by atoms with Crippen molar-refractivity contribution in [2.75, 3.05) is 50.1 Å². The highest BCUT2D eigenvalue weighted by molar-refractivity contribution is 5.99. The first-order valence-corrected chi connectivity index (χ1v) is 11.2. The molecule has 1 N–H and O–H groups in total. The van der Waals surface area contributed by atoms with E-state index in [1.54, 1.807) is 43.7 Å². The zero-order chi connectivity index (χ0) is 23.8. The van der Waals surface area contributed by atoms with Crippen LogP contribution in [-0.4, -0.2) is 61.6 Å². The SMILES string of the molecule is CN(CC(=O)Nc1ccc(N2CCOCC2)cc1)C(=O)c1cccc(OCc2cccnc2)c1. The average Bonchev–Trinajstić information content (AvgIpc) is 2.88. The minimum atomic E-state index is -0.265. The van der Waals surface area contributed by atoms with E-state index < -0.39 is 0 Å².